The first-order valence-electron chi connectivity index (χ1n) is 9.09. The quantitative estimate of drug-likeness (QED) is 0.816. The van der Waals surface area contributed by atoms with Crippen molar-refractivity contribution in [3.8, 4) is 0 Å². The Labute approximate surface area is 152 Å². The van der Waals surface area contributed by atoms with E-state index >= 15 is 0 Å². The Kier molecular flexibility index (Phi) is 4.79. The average molecular weight is 357 g/mol. The van der Waals surface area contributed by atoms with E-state index in [2.05, 4.69) is 22.0 Å². The zero-order chi connectivity index (χ0) is 17.2. The van der Waals surface area contributed by atoms with Gasteiger partial charge in [0.25, 0.3) is 5.91 Å². The van der Waals surface area contributed by atoms with Gasteiger partial charge in [-0.25, -0.2) is 0 Å². The summed E-state index contributed by atoms with van der Waals surface area (Å²) in [6.07, 6.45) is 4.71. The maximum atomic E-state index is 12.7. The van der Waals surface area contributed by atoms with Gasteiger partial charge in [-0.2, -0.15) is 4.99 Å². The van der Waals surface area contributed by atoms with E-state index in [1.165, 1.54) is 29.3 Å². The number of amides is 2. The second-order valence-electron chi connectivity index (χ2n) is 6.92. The van der Waals surface area contributed by atoms with Crippen LogP contribution in [0.1, 0.15) is 36.8 Å². The molecular formula is C19H23N3O2S. The van der Waals surface area contributed by atoms with Crippen molar-refractivity contribution in [2.45, 2.75) is 43.9 Å². The molecule has 25 heavy (non-hydrogen) atoms. The van der Waals surface area contributed by atoms with Crippen LogP contribution in [0, 0.1) is 0 Å². The Morgan fingerprint density at radius 1 is 1.12 bits per heavy atom. The number of carbonyl (C=O) groups excluding carboxylic acids is 2. The van der Waals surface area contributed by atoms with Crippen molar-refractivity contribution in [2.24, 2.45) is 4.99 Å². The molecule has 0 spiro atoms. The van der Waals surface area contributed by atoms with Crippen LogP contribution in [0.15, 0.2) is 29.3 Å². The number of piperidine rings is 1. The Balaban J connectivity index is 1.35. The van der Waals surface area contributed by atoms with Gasteiger partial charge in [-0.15, -0.1) is 0 Å². The van der Waals surface area contributed by atoms with Gasteiger partial charge >= 0.3 is 0 Å². The predicted molar refractivity (Wildman–Crippen MR) is 99.4 cm³/mol. The minimum Gasteiger partial charge on any atom is -0.351 e. The normalized spacial score (nSPS) is 23.4. The third kappa shape index (κ3) is 3.59. The van der Waals surface area contributed by atoms with Crippen LogP contribution in [0.2, 0.25) is 0 Å². The van der Waals surface area contributed by atoms with Gasteiger partial charge in [0.1, 0.15) is 5.25 Å². The Morgan fingerprint density at radius 3 is 2.68 bits per heavy atom. The number of aliphatic imine (C=N–C) groups is 1. The third-order valence-electron chi connectivity index (χ3n) is 5.20. The minimum absolute atomic E-state index is 0.0652. The Hall–Kier alpha value is -1.82. The van der Waals surface area contributed by atoms with Crippen LogP contribution in [-0.4, -0.2) is 51.7 Å². The van der Waals surface area contributed by atoms with E-state index in [0.717, 1.165) is 44.1 Å². The van der Waals surface area contributed by atoms with Gasteiger partial charge in [-0.3, -0.25) is 9.59 Å². The second-order valence-corrected chi connectivity index (χ2v) is 8.09. The van der Waals surface area contributed by atoms with Crippen LogP contribution < -0.4 is 0 Å². The van der Waals surface area contributed by atoms with E-state index in [9.17, 15) is 9.59 Å². The number of fused-ring (bicyclic) bond motifs is 1. The van der Waals surface area contributed by atoms with Crippen LogP contribution in [0.5, 0.6) is 0 Å². The molecule has 1 aromatic carbocycles. The van der Waals surface area contributed by atoms with Crippen molar-refractivity contribution in [3.63, 3.8) is 0 Å². The van der Waals surface area contributed by atoms with E-state index in [0.29, 0.717) is 6.54 Å². The topological polar surface area (TPSA) is 53.0 Å². The molecule has 5 nitrogen and oxygen atoms in total. The highest BCUT2D eigenvalue weighted by molar-refractivity contribution is 8.15. The van der Waals surface area contributed by atoms with E-state index in [1.54, 1.807) is 0 Å². The molecule has 0 aliphatic carbocycles. The number of thioether (sulfide) groups is 1. The van der Waals surface area contributed by atoms with Gasteiger partial charge in [0.05, 0.1) is 0 Å². The molecular weight excluding hydrogens is 334 g/mol. The van der Waals surface area contributed by atoms with Gasteiger partial charge in [0.2, 0.25) is 5.91 Å². The first-order valence-corrected chi connectivity index (χ1v) is 9.97. The molecule has 0 aromatic heterocycles. The Morgan fingerprint density at radius 2 is 1.88 bits per heavy atom. The molecule has 1 unspecified atom stereocenters. The fraction of sp³-hybridized carbons (Fsp3) is 0.526. The molecule has 1 aromatic rings. The number of hydrogen-bond acceptors (Lipinski definition) is 4. The number of nitrogens with zero attached hydrogens (tertiary/aromatic N) is 3. The molecule has 1 atom stereocenters. The fourth-order valence-electron chi connectivity index (χ4n) is 3.73. The molecule has 0 saturated carbocycles. The highest BCUT2D eigenvalue weighted by Crippen LogP contribution is 2.30. The van der Waals surface area contributed by atoms with Gasteiger partial charge in [0, 0.05) is 32.6 Å². The maximum absolute atomic E-state index is 12.7. The summed E-state index contributed by atoms with van der Waals surface area (Å²) in [5.41, 5.74) is 2.55. The highest BCUT2D eigenvalue weighted by atomic mass is 32.2. The molecule has 3 aliphatic rings. The van der Waals surface area contributed by atoms with E-state index < -0.39 is 0 Å². The molecule has 3 aliphatic heterocycles. The SMILES string of the molecule is O=C1N=C(N2CCCCC2)SC1CC(=O)N1CCc2ccccc2C1. The van der Waals surface area contributed by atoms with Crippen molar-refractivity contribution in [1.29, 1.82) is 0 Å². The van der Waals surface area contributed by atoms with Crippen LogP contribution in [0.25, 0.3) is 0 Å². The summed E-state index contributed by atoms with van der Waals surface area (Å²) in [7, 11) is 0. The second kappa shape index (κ2) is 7.20. The lowest BCUT2D eigenvalue weighted by atomic mass is 9.99. The first kappa shape index (κ1) is 16.6. The van der Waals surface area contributed by atoms with Crippen molar-refractivity contribution in [1.82, 2.24) is 9.80 Å². The summed E-state index contributed by atoms with van der Waals surface area (Å²) in [6.45, 7) is 3.34. The molecule has 132 valence electrons. The van der Waals surface area contributed by atoms with Crippen molar-refractivity contribution >= 4 is 28.7 Å². The number of amidine groups is 1. The monoisotopic (exact) mass is 357 g/mol. The largest absolute Gasteiger partial charge is 0.351 e. The molecule has 3 heterocycles. The highest BCUT2D eigenvalue weighted by Gasteiger charge is 2.34. The summed E-state index contributed by atoms with van der Waals surface area (Å²) in [5, 5.41) is 0.480. The number of carbonyl (C=O) groups is 2. The van der Waals surface area contributed by atoms with Gasteiger partial charge in [-0.05, 0) is 36.8 Å². The summed E-state index contributed by atoms with van der Waals surface area (Å²) >= 11 is 1.48. The lowest BCUT2D eigenvalue weighted by Crippen LogP contribution is -2.38. The van der Waals surface area contributed by atoms with Crippen LogP contribution in [0.4, 0.5) is 0 Å². The average Bonchev–Trinajstić information content (AvgIpc) is 3.02. The summed E-state index contributed by atoms with van der Waals surface area (Å²) in [4.78, 5) is 33.2. The van der Waals surface area contributed by atoms with Gasteiger partial charge in [-0.1, -0.05) is 36.0 Å². The first-order chi connectivity index (χ1) is 12.2. The van der Waals surface area contributed by atoms with E-state index in [1.807, 2.05) is 17.0 Å². The van der Waals surface area contributed by atoms with Crippen molar-refractivity contribution in [3.05, 3.63) is 35.4 Å². The molecule has 0 radical (unpaired) electrons. The van der Waals surface area contributed by atoms with E-state index in [4.69, 9.17) is 0 Å². The summed E-state index contributed by atoms with van der Waals surface area (Å²) in [5.74, 6) is -0.0771. The molecule has 0 bridgehead atoms. The third-order valence-corrected chi connectivity index (χ3v) is 6.41. The van der Waals surface area contributed by atoms with Crippen LogP contribution >= 0.6 is 11.8 Å². The maximum Gasteiger partial charge on any atom is 0.262 e. The molecule has 1 fully saturated rings. The van der Waals surface area contributed by atoms with Gasteiger partial charge in [0.15, 0.2) is 5.17 Å². The van der Waals surface area contributed by atoms with Crippen molar-refractivity contribution in [2.75, 3.05) is 19.6 Å². The van der Waals surface area contributed by atoms with Gasteiger partial charge < -0.3 is 9.80 Å². The molecule has 1 saturated heterocycles. The van der Waals surface area contributed by atoms with Crippen LogP contribution in [-0.2, 0) is 22.6 Å². The van der Waals surface area contributed by atoms with E-state index in [-0.39, 0.29) is 23.5 Å². The number of likely N-dealkylation sites (tertiary alicyclic amines) is 1. The number of rotatable bonds is 2. The molecule has 4 rings (SSSR count). The predicted octanol–water partition coefficient (Wildman–Crippen LogP) is 2.45. The molecule has 2 amide bonds. The van der Waals surface area contributed by atoms with Crippen LogP contribution in [0.3, 0.4) is 0 Å². The molecule has 0 N–H and O–H groups in total. The lowest BCUT2D eigenvalue weighted by molar-refractivity contribution is -0.133. The number of benzene rings is 1. The lowest BCUT2D eigenvalue weighted by Gasteiger charge is -2.30. The Bertz CT molecular complexity index is 712. The summed E-state index contributed by atoms with van der Waals surface area (Å²) in [6, 6.07) is 8.28. The zero-order valence-electron chi connectivity index (χ0n) is 14.3. The van der Waals surface area contributed by atoms with Crippen molar-refractivity contribution < 1.29 is 9.59 Å². The summed E-state index contributed by atoms with van der Waals surface area (Å²) < 4.78 is 0. The smallest absolute Gasteiger partial charge is 0.262 e. The minimum atomic E-state index is -0.346. The number of hydrogen-bond donors (Lipinski definition) is 0. The molecule has 6 heteroatoms. The zero-order valence-corrected chi connectivity index (χ0v) is 15.1. The standard InChI is InChI=1S/C19H23N3O2S/c23-17(22-11-8-14-6-2-3-7-15(14)13-22)12-16-18(24)20-19(25-16)21-9-4-1-5-10-21/h2-3,6-7,16H,1,4-5,8-13H2. The fourth-order valence-corrected chi connectivity index (χ4v) is 4.83.